The lowest BCUT2D eigenvalue weighted by Gasteiger charge is -2.37. The standard InChI is InChI=1S/C18H30N4O2/c1-4-8-22-14-18(6-9-20(2)10-7-18)12-16(22)17(23)21(3)13-15-5-11-24-19-15/h5,11,16H,4,6-10,12-14H2,1-3H3/t16-/m0/s1. The van der Waals surface area contributed by atoms with Crippen LogP contribution in [0.2, 0.25) is 0 Å². The molecule has 3 rings (SSSR count). The van der Waals surface area contributed by atoms with Gasteiger partial charge in [0.15, 0.2) is 0 Å². The van der Waals surface area contributed by atoms with Gasteiger partial charge in [0.2, 0.25) is 5.91 Å². The summed E-state index contributed by atoms with van der Waals surface area (Å²) in [6, 6.07) is 1.84. The van der Waals surface area contributed by atoms with Gasteiger partial charge in [-0.2, -0.15) is 0 Å². The molecule has 0 aromatic carbocycles. The molecule has 0 radical (unpaired) electrons. The summed E-state index contributed by atoms with van der Waals surface area (Å²) in [7, 11) is 4.07. The van der Waals surface area contributed by atoms with Gasteiger partial charge in [0.1, 0.15) is 12.0 Å². The van der Waals surface area contributed by atoms with Gasteiger partial charge in [0, 0.05) is 19.7 Å². The van der Waals surface area contributed by atoms with Gasteiger partial charge >= 0.3 is 0 Å². The smallest absolute Gasteiger partial charge is 0.240 e. The summed E-state index contributed by atoms with van der Waals surface area (Å²) in [5, 5.41) is 3.92. The average Bonchev–Trinajstić information content (AvgIpc) is 3.19. The van der Waals surface area contributed by atoms with Crippen molar-refractivity contribution in [3.63, 3.8) is 0 Å². The molecule has 1 aromatic rings. The molecule has 0 aliphatic carbocycles. The van der Waals surface area contributed by atoms with Crippen molar-refractivity contribution >= 4 is 5.91 Å². The van der Waals surface area contributed by atoms with E-state index in [9.17, 15) is 4.79 Å². The van der Waals surface area contributed by atoms with E-state index in [1.54, 1.807) is 11.2 Å². The van der Waals surface area contributed by atoms with Crippen molar-refractivity contribution in [1.29, 1.82) is 0 Å². The summed E-state index contributed by atoms with van der Waals surface area (Å²) < 4.78 is 4.88. The second-order valence-electron chi connectivity index (χ2n) is 7.68. The van der Waals surface area contributed by atoms with E-state index in [0.717, 1.165) is 44.7 Å². The van der Waals surface area contributed by atoms with Crippen molar-refractivity contribution < 1.29 is 9.32 Å². The van der Waals surface area contributed by atoms with E-state index in [1.807, 2.05) is 13.1 Å². The van der Waals surface area contributed by atoms with Gasteiger partial charge < -0.3 is 14.3 Å². The van der Waals surface area contributed by atoms with Gasteiger partial charge in [-0.3, -0.25) is 9.69 Å². The van der Waals surface area contributed by atoms with Crippen LogP contribution in [0.25, 0.3) is 0 Å². The highest BCUT2D eigenvalue weighted by Crippen LogP contribution is 2.43. The molecule has 1 atom stereocenters. The predicted molar refractivity (Wildman–Crippen MR) is 92.4 cm³/mol. The van der Waals surface area contributed by atoms with Crippen LogP contribution in [0, 0.1) is 5.41 Å². The zero-order chi connectivity index (χ0) is 17.2. The van der Waals surface area contributed by atoms with E-state index in [0.29, 0.717) is 12.0 Å². The predicted octanol–water partition coefficient (Wildman–Crippen LogP) is 1.83. The second-order valence-corrected chi connectivity index (χ2v) is 7.68. The molecule has 0 saturated carbocycles. The first kappa shape index (κ1) is 17.4. The first-order valence-electron chi connectivity index (χ1n) is 9.10. The van der Waals surface area contributed by atoms with Crippen LogP contribution in [-0.4, -0.2) is 72.1 Å². The summed E-state index contributed by atoms with van der Waals surface area (Å²) in [5.41, 5.74) is 1.14. The van der Waals surface area contributed by atoms with E-state index in [-0.39, 0.29) is 11.9 Å². The van der Waals surface area contributed by atoms with Crippen molar-refractivity contribution in [2.75, 3.05) is 40.3 Å². The molecule has 6 heteroatoms. The van der Waals surface area contributed by atoms with E-state index < -0.39 is 0 Å². The monoisotopic (exact) mass is 334 g/mol. The molecular weight excluding hydrogens is 304 g/mol. The topological polar surface area (TPSA) is 52.8 Å². The van der Waals surface area contributed by atoms with Crippen molar-refractivity contribution in [2.24, 2.45) is 5.41 Å². The van der Waals surface area contributed by atoms with Crippen LogP contribution >= 0.6 is 0 Å². The maximum Gasteiger partial charge on any atom is 0.240 e. The summed E-state index contributed by atoms with van der Waals surface area (Å²) in [4.78, 5) is 19.7. The average molecular weight is 334 g/mol. The molecule has 0 N–H and O–H groups in total. The maximum atomic E-state index is 13.1. The van der Waals surface area contributed by atoms with Crippen molar-refractivity contribution in [3.05, 3.63) is 18.0 Å². The molecule has 2 fully saturated rings. The number of rotatable bonds is 5. The first-order valence-corrected chi connectivity index (χ1v) is 9.10. The fourth-order valence-electron chi connectivity index (χ4n) is 4.26. The highest BCUT2D eigenvalue weighted by Gasteiger charge is 2.47. The number of aromatic nitrogens is 1. The number of carbonyl (C=O) groups is 1. The number of carbonyl (C=O) groups excluding carboxylic acids is 1. The van der Waals surface area contributed by atoms with Crippen molar-refractivity contribution in [1.82, 2.24) is 19.9 Å². The minimum atomic E-state index is 0.0188. The van der Waals surface area contributed by atoms with Crippen LogP contribution in [0.5, 0.6) is 0 Å². The Morgan fingerprint density at radius 2 is 2.21 bits per heavy atom. The number of amides is 1. The van der Waals surface area contributed by atoms with E-state index in [1.165, 1.54) is 12.8 Å². The van der Waals surface area contributed by atoms with Crippen molar-refractivity contribution in [3.8, 4) is 0 Å². The van der Waals surface area contributed by atoms with Gasteiger partial charge in [-0.1, -0.05) is 12.1 Å². The number of nitrogens with zero attached hydrogens (tertiary/aromatic N) is 4. The number of likely N-dealkylation sites (N-methyl/N-ethyl adjacent to an activating group) is 1. The van der Waals surface area contributed by atoms with Crippen LogP contribution in [0.1, 0.15) is 38.3 Å². The molecule has 1 amide bonds. The lowest BCUT2D eigenvalue weighted by Crippen LogP contribution is -2.44. The summed E-state index contributed by atoms with van der Waals surface area (Å²) >= 11 is 0. The highest BCUT2D eigenvalue weighted by atomic mass is 16.5. The van der Waals surface area contributed by atoms with Crippen LogP contribution in [0.3, 0.4) is 0 Å². The maximum absolute atomic E-state index is 13.1. The van der Waals surface area contributed by atoms with Crippen LogP contribution in [0.15, 0.2) is 16.9 Å². The number of piperidine rings is 1. The Hall–Kier alpha value is -1.40. The fraction of sp³-hybridized carbons (Fsp3) is 0.778. The van der Waals surface area contributed by atoms with E-state index >= 15 is 0 Å². The highest BCUT2D eigenvalue weighted by molar-refractivity contribution is 5.82. The molecule has 0 bridgehead atoms. The number of hydrogen-bond acceptors (Lipinski definition) is 5. The minimum absolute atomic E-state index is 0.0188. The third-order valence-corrected chi connectivity index (χ3v) is 5.72. The molecule has 3 heterocycles. The first-order chi connectivity index (χ1) is 11.5. The normalized spacial score (nSPS) is 24.5. The largest absolute Gasteiger partial charge is 0.364 e. The molecule has 134 valence electrons. The van der Waals surface area contributed by atoms with Gasteiger partial charge in [-0.05, 0) is 57.8 Å². The molecule has 6 nitrogen and oxygen atoms in total. The Balaban J connectivity index is 1.68. The van der Waals surface area contributed by atoms with Gasteiger partial charge in [0.25, 0.3) is 0 Å². The lowest BCUT2D eigenvalue weighted by molar-refractivity contribution is -0.135. The summed E-state index contributed by atoms with van der Waals surface area (Å²) in [6.45, 7) is 7.09. The number of likely N-dealkylation sites (tertiary alicyclic amines) is 2. The zero-order valence-corrected chi connectivity index (χ0v) is 15.2. The molecule has 2 saturated heterocycles. The Labute approximate surface area is 144 Å². The molecule has 2 aliphatic rings. The quantitative estimate of drug-likeness (QED) is 0.822. The third kappa shape index (κ3) is 3.64. The Morgan fingerprint density at radius 3 is 2.83 bits per heavy atom. The fourth-order valence-corrected chi connectivity index (χ4v) is 4.26. The van der Waals surface area contributed by atoms with Crippen LogP contribution in [0.4, 0.5) is 0 Å². The van der Waals surface area contributed by atoms with Crippen LogP contribution in [-0.2, 0) is 11.3 Å². The second kappa shape index (κ2) is 7.23. The molecular formula is C18H30N4O2. The SMILES string of the molecule is CCCN1CC2(CCN(C)CC2)C[C@H]1C(=O)N(C)Cc1ccon1. The van der Waals surface area contributed by atoms with E-state index in [2.05, 4.69) is 28.9 Å². The molecule has 24 heavy (non-hydrogen) atoms. The molecule has 0 unspecified atom stereocenters. The molecule has 2 aliphatic heterocycles. The van der Waals surface area contributed by atoms with Gasteiger partial charge in [-0.25, -0.2) is 0 Å². The summed E-state index contributed by atoms with van der Waals surface area (Å²) in [6.07, 6.45) is 6.07. The third-order valence-electron chi connectivity index (χ3n) is 5.72. The van der Waals surface area contributed by atoms with Crippen molar-refractivity contribution in [2.45, 2.75) is 45.2 Å². The summed E-state index contributed by atoms with van der Waals surface area (Å²) in [5.74, 6) is 0.224. The van der Waals surface area contributed by atoms with Gasteiger partial charge in [-0.15, -0.1) is 0 Å². The van der Waals surface area contributed by atoms with Gasteiger partial charge in [0.05, 0.1) is 12.6 Å². The Morgan fingerprint density at radius 1 is 1.46 bits per heavy atom. The molecule has 1 spiro atoms. The Bertz CT molecular complexity index is 537. The zero-order valence-electron chi connectivity index (χ0n) is 15.2. The Kier molecular flexibility index (Phi) is 5.25. The molecule has 1 aromatic heterocycles. The minimum Gasteiger partial charge on any atom is -0.364 e. The van der Waals surface area contributed by atoms with Crippen LogP contribution < -0.4 is 0 Å². The number of hydrogen-bond donors (Lipinski definition) is 0. The van der Waals surface area contributed by atoms with E-state index in [4.69, 9.17) is 4.52 Å². The lowest BCUT2D eigenvalue weighted by atomic mass is 9.76.